The molecule has 2 rings (SSSR count). The Labute approximate surface area is 155 Å². The van der Waals surface area contributed by atoms with Crippen LogP contribution in [-0.4, -0.2) is 47.0 Å². The highest BCUT2D eigenvalue weighted by Crippen LogP contribution is 2.47. The lowest BCUT2D eigenvalue weighted by molar-refractivity contribution is -0.161. The van der Waals surface area contributed by atoms with E-state index in [4.69, 9.17) is 9.47 Å². The molecular formula is C20H31NO5. The van der Waals surface area contributed by atoms with Crippen molar-refractivity contribution in [1.82, 2.24) is 4.90 Å². The molecule has 6 nitrogen and oxygen atoms in total. The predicted molar refractivity (Wildman–Crippen MR) is 97.1 cm³/mol. The molecule has 1 heterocycles. The zero-order valence-corrected chi connectivity index (χ0v) is 16.5. The van der Waals surface area contributed by atoms with E-state index in [-0.39, 0.29) is 60.3 Å². The summed E-state index contributed by atoms with van der Waals surface area (Å²) in [7, 11) is 0. The molecule has 26 heavy (non-hydrogen) atoms. The van der Waals surface area contributed by atoms with Gasteiger partial charge in [-0.3, -0.25) is 9.59 Å². The molecule has 1 amide bonds. The Morgan fingerprint density at radius 2 is 1.96 bits per heavy atom. The van der Waals surface area contributed by atoms with Crippen molar-refractivity contribution in [3.8, 4) is 0 Å². The van der Waals surface area contributed by atoms with Gasteiger partial charge in [-0.1, -0.05) is 20.4 Å². The summed E-state index contributed by atoms with van der Waals surface area (Å²) in [6.07, 6.45) is 2.14. The van der Waals surface area contributed by atoms with Gasteiger partial charge in [0.15, 0.2) is 0 Å². The standard InChI is InChI=1S/C20H31NO5/c1-7-15(22)25-10-8-9-16(23)26-18-12(2)11-14-13(3)17(18)21(19(14)24)20(4,5)6/h7,12-14,17-18H,1,8-11H2,2-6H3. The van der Waals surface area contributed by atoms with E-state index >= 15 is 0 Å². The first kappa shape index (κ1) is 20.5. The van der Waals surface area contributed by atoms with Gasteiger partial charge in [-0.05, 0) is 45.4 Å². The maximum atomic E-state index is 12.9. The number of rotatable bonds is 6. The third kappa shape index (κ3) is 4.10. The Balaban J connectivity index is 2.01. The molecule has 0 radical (unpaired) electrons. The second kappa shape index (κ2) is 7.80. The summed E-state index contributed by atoms with van der Waals surface area (Å²) >= 11 is 0. The molecule has 0 spiro atoms. The number of esters is 2. The molecule has 0 aromatic heterocycles. The molecule has 0 aromatic carbocycles. The maximum absolute atomic E-state index is 12.9. The Morgan fingerprint density at radius 3 is 2.54 bits per heavy atom. The maximum Gasteiger partial charge on any atom is 0.330 e. The largest absolute Gasteiger partial charge is 0.463 e. The molecule has 1 aliphatic carbocycles. The van der Waals surface area contributed by atoms with Crippen LogP contribution in [0.25, 0.3) is 0 Å². The van der Waals surface area contributed by atoms with Crippen LogP contribution in [0.2, 0.25) is 0 Å². The molecule has 1 saturated heterocycles. The van der Waals surface area contributed by atoms with E-state index < -0.39 is 5.97 Å². The lowest BCUT2D eigenvalue weighted by atomic mass is 9.73. The molecule has 1 saturated carbocycles. The van der Waals surface area contributed by atoms with Crippen molar-refractivity contribution in [1.29, 1.82) is 0 Å². The van der Waals surface area contributed by atoms with Gasteiger partial charge in [-0.15, -0.1) is 0 Å². The summed E-state index contributed by atoms with van der Waals surface area (Å²) < 4.78 is 10.7. The van der Waals surface area contributed by atoms with E-state index in [1.54, 1.807) is 0 Å². The average Bonchev–Trinajstić information content (AvgIpc) is 2.72. The van der Waals surface area contributed by atoms with Crippen LogP contribution in [0.3, 0.4) is 0 Å². The van der Waals surface area contributed by atoms with Gasteiger partial charge >= 0.3 is 11.9 Å². The molecule has 2 fully saturated rings. The smallest absolute Gasteiger partial charge is 0.330 e. The van der Waals surface area contributed by atoms with Crippen molar-refractivity contribution in [2.45, 2.75) is 71.6 Å². The highest BCUT2D eigenvalue weighted by molar-refractivity contribution is 5.83. The van der Waals surface area contributed by atoms with Crippen LogP contribution in [0, 0.1) is 17.8 Å². The number of nitrogens with zero attached hydrogens (tertiary/aromatic N) is 1. The SMILES string of the molecule is C=CC(=O)OCCCC(=O)OC1C(C)CC2C(=O)N(C(C)(C)C)C1C2C. The van der Waals surface area contributed by atoms with Crippen molar-refractivity contribution >= 4 is 17.8 Å². The van der Waals surface area contributed by atoms with Crippen molar-refractivity contribution in [2.75, 3.05) is 6.61 Å². The van der Waals surface area contributed by atoms with E-state index in [0.29, 0.717) is 6.42 Å². The Kier molecular flexibility index (Phi) is 6.14. The molecule has 2 aliphatic rings. The van der Waals surface area contributed by atoms with E-state index in [1.807, 2.05) is 25.7 Å². The van der Waals surface area contributed by atoms with Gasteiger partial charge in [0.2, 0.25) is 5.91 Å². The summed E-state index contributed by atoms with van der Waals surface area (Å²) in [6.45, 7) is 13.7. The molecule has 0 aromatic rings. The summed E-state index contributed by atoms with van der Waals surface area (Å²) in [5.74, 6) is -0.302. The molecule has 0 N–H and O–H groups in total. The molecular weight excluding hydrogens is 334 g/mol. The Morgan fingerprint density at radius 1 is 1.31 bits per heavy atom. The van der Waals surface area contributed by atoms with Gasteiger partial charge in [-0.2, -0.15) is 0 Å². The fourth-order valence-corrected chi connectivity index (χ4v) is 4.28. The summed E-state index contributed by atoms with van der Waals surface area (Å²) in [5, 5.41) is 0. The van der Waals surface area contributed by atoms with E-state index in [1.165, 1.54) is 0 Å². The number of carbonyl (C=O) groups is 3. The van der Waals surface area contributed by atoms with Crippen LogP contribution in [0.15, 0.2) is 12.7 Å². The number of amides is 1. The number of hydrogen-bond acceptors (Lipinski definition) is 5. The minimum atomic E-state index is -0.496. The number of fused-ring (bicyclic) bond motifs is 2. The van der Waals surface area contributed by atoms with Gasteiger partial charge in [0.1, 0.15) is 6.10 Å². The third-order valence-electron chi connectivity index (χ3n) is 5.48. The summed E-state index contributed by atoms with van der Waals surface area (Å²) in [6, 6.07) is -0.0845. The second-order valence-corrected chi connectivity index (χ2v) is 8.48. The molecule has 146 valence electrons. The normalized spacial score (nSPS) is 30.9. The predicted octanol–water partition coefficient (Wildman–Crippen LogP) is 2.71. The minimum Gasteiger partial charge on any atom is -0.463 e. The molecule has 5 atom stereocenters. The van der Waals surface area contributed by atoms with Crippen molar-refractivity contribution in [3.05, 3.63) is 12.7 Å². The number of carbonyl (C=O) groups excluding carboxylic acids is 3. The summed E-state index contributed by atoms with van der Waals surface area (Å²) in [4.78, 5) is 38.1. The fraction of sp³-hybridized carbons (Fsp3) is 0.750. The van der Waals surface area contributed by atoms with Crippen molar-refractivity contribution in [2.24, 2.45) is 17.8 Å². The van der Waals surface area contributed by atoms with Gasteiger partial charge in [-0.25, -0.2) is 4.79 Å². The van der Waals surface area contributed by atoms with Gasteiger partial charge in [0.25, 0.3) is 0 Å². The first-order valence-electron chi connectivity index (χ1n) is 9.39. The number of hydrogen-bond donors (Lipinski definition) is 0. The van der Waals surface area contributed by atoms with Crippen molar-refractivity contribution < 1.29 is 23.9 Å². The van der Waals surface area contributed by atoms with Crippen LogP contribution in [0.5, 0.6) is 0 Å². The van der Waals surface area contributed by atoms with Crippen LogP contribution in [0.4, 0.5) is 0 Å². The monoisotopic (exact) mass is 365 g/mol. The lowest BCUT2D eigenvalue weighted by Crippen LogP contribution is -2.55. The first-order valence-corrected chi connectivity index (χ1v) is 9.39. The average molecular weight is 365 g/mol. The number of likely N-dealkylation sites (tertiary alicyclic amines) is 1. The number of ether oxygens (including phenoxy) is 2. The van der Waals surface area contributed by atoms with Gasteiger partial charge < -0.3 is 14.4 Å². The molecule has 5 unspecified atom stereocenters. The van der Waals surface area contributed by atoms with E-state index in [2.05, 4.69) is 20.4 Å². The highest BCUT2D eigenvalue weighted by Gasteiger charge is 2.58. The molecule has 1 aliphatic heterocycles. The van der Waals surface area contributed by atoms with Crippen LogP contribution < -0.4 is 0 Å². The zero-order valence-electron chi connectivity index (χ0n) is 16.5. The molecule has 6 heteroatoms. The van der Waals surface area contributed by atoms with Crippen LogP contribution in [0.1, 0.15) is 53.9 Å². The van der Waals surface area contributed by atoms with Crippen molar-refractivity contribution in [3.63, 3.8) is 0 Å². The lowest BCUT2D eigenvalue weighted by Gasteiger charge is -2.43. The topological polar surface area (TPSA) is 72.9 Å². The minimum absolute atomic E-state index is 0.0162. The van der Waals surface area contributed by atoms with Gasteiger partial charge in [0.05, 0.1) is 12.6 Å². The summed E-state index contributed by atoms with van der Waals surface area (Å²) in [5.41, 5.74) is -0.307. The van der Waals surface area contributed by atoms with Crippen LogP contribution >= 0.6 is 0 Å². The Hall–Kier alpha value is -1.85. The first-order chi connectivity index (χ1) is 12.1. The Bertz CT molecular complexity index is 579. The highest BCUT2D eigenvalue weighted by atomic mass is 16.5. The fourth-order valence-electron chi connectivity index (χ4n) is 4.28. The quantitative estimate of drug-likeness (QED) is 0.411. The van der Waals surface area contributed by atoms with E-state index in [9.17, 15) is 14.4 Å². The van der Waals surface area contributed by atoms with E-state index in [0.717, 1.165) is 12.5 Å². The van der Waals surface area contributed by atoms with Crippen LogP contribution in [-0.2, 0) is 23.9 Å². The zero-order chi connectivity index (χ0) is 19.6. The third-order valence-corrected chi connectivity index (χ3v) is 5.48. The molecule has 2 bridgehead atoms. The second-order valence-electron chi connectivity index (χ2n) is 8.48. The van der Waals surface area contributed by atoms with Gasteiger partial charge in [0, 0.05) is 24.0 Å².